The lowest BCUT2D eigenvalue weighted by Crippen LogP contribution is -2.34. The van der Waals surface area contributed by atoms with Gasteiger partial charge in [-0.3, -0.25) is 0 Å². The SMILES string of the molecule is CN(c1nc(Cl)c2ccsc2n1)C1CCCCC1. The Labute approximate surface area is 116 Å². The van der Waals surface area contributed by atoms with Crippen molar-refractivity contribution in [1.29, 1.82) is 0 Å². The summed E-state index contributed by atoms with van der Waals surface area (Å²) in [6.07, 6.45) is 6.45. The molecule has 3 rings (SSSR count). The van der Waals surface area contributed by atoms with Crippen LogP contribution >= 0.6 is 22.9 Å². The van der Waals surface area contributed by atoms with E-state index in [0.717, 1.165) is 16.2 Å². The average molecular weight is 282 g/mol. The van der Waals surface area contributed by atoms with Crippen LogP contribution in [0.15, 0.2) is 11.4 Å². The van der Waals surface area contributed by atoms with Crippen molar-refractivity contribution in [2.75, 3.05) is 11.9 Å². The smallest absolute Gasteiger partial charge is 0.228 e. The van der Waals surface area contributed by atoms with E-state index >= 15 is 0 Å². The molecule has 0 amide bonds. The summed E-state index contributed by atoms with van der Waals surface area (Å²) in [6, 6.07) is 2.54. The number of nitrogens with zero attached hydrogens (tertiary/aromatic N) is 3. The molecule has 5 heteroatoms. The van der Waals surface area contributed by atoms with E-state index < -0.39 is 0 Å². The molecule has 0 unspecified atom stereocenters. The number of halogens is 1. The largest absolute Gasteiger partial charge is 0.341 e. The minimum atomic E-state index is 0.562. The van der Waals surface area contributed by atoms with Gasteiger partial charge in [0.2, 0.25) is 5.95 Å². The maximum Gasteiger partial charge on any atom is 0.228 e. The first-order chi connectivity index (χ1) is 8.75. The monoisotopic (exact) mass is 281 g/mol. The number of rotatable bonds is 2. The lowest BCUT2D eigenvalue weighted by Gasteiger charge is -2.31. The molecule has 2 aromatic rings. The highest BCUT2D eigenvalue weighted by atomic mass is 35.5. The molecule has 1 fully saturated rings. The minimum Gasteiger partial charge on any atom is -0.341 e. The summed E-state index contributed by atoms with van der Waals surface area (Å²) >= 11 is 7.83. The van der Waals surface area contributed by atoms with Crippen LogP contribution in [0.2, 0.25) is 5.15 Å². The molecule has 1 aliphatic rings. The van der Waals surface area contributed by atoms with Crippen LogP contribution < -0.4 is 4.90 Å². The number of aromatic nitrogens is 2. The highest BCUT2D eigenvalue weighted by Crippen LogP contribution is 2.29. The second-order valence-corrected chi connectivity index (χ2v) is 6.11. The van der Waals surface area contributed by atoms with Crippen molar-refractivity contribution in [2.45, 2.75) is 38.1 Å². The lowest BCUT2D eigenvalue weighted by atomic mass is 9.95. The summed E-state index contributed by atoms with van der Waals surface area (Å²) < 4.78 is 0. The van der Waals surface area contributed by atoms with Crippen LogP contribution in [0.1, 0.15) is 32.1 Å². The van der Waals surface area contributed by atoms with Gasteiger partial charge in [-0.25, -0.2) is 9.97 Å². The molecule has 0 radical (unpaired) electrons. The normalized spacial score (nSPS) is 17.2. The minimum absolute atomic E-state index is 0.562. The van der Waals surface area contributed by atoms with Crippen LogP contribution in [0.5, 0.6) is 0 Å². The van der Waals surface area contributed by atoms with Gasteiger partial charge in [0.25, 0.3) is 0 Å². The van der Waals surface area contributed by atoms with Crippen LogP contribution in [0.25, 0.3) is 10.2 Å². The van der Waals surface area contributed by atoms with Crippen molar-refractivity contribution in [1.82, 2.24) is 9.97 Å². The van der Waals surface area contributed by atoms with E-state index in [-0.39, 0.29) is 0 Å². The fourth-order valence-electron chi connectivity index (χ4n) is 2.60. The number of anilines is 1. The molecular weight excluding hydrogens is 266 g/mol. The second-order valence-electron chi connectivity index (χ2n) is 4.86. The molecule has 3 nitrogen and oxygen atoms in total. The molecule has 0 aliphatic heterocycles. The molecule has 1 aliphatic carbocycles. The summed E-state index contributed by atoms with van der Waals surface area (Å²) in [5, 5.41) is 3.54. The number of thiophene rings is 1. The van der Waals surface area contributed by atoms with Gasteiger partial charge in [0.15, 0.2) is 0 Å². The van der Waals surface area contributed by atoms with Gasteiger partial charge >= 0.3 is 0 Å². The van der Waals surface area contributed by atoms with Gasteiger partial charge in [-0.05, 0) is 24.3 Å². The molecule has 96 valence electrons. The van der Waals surface area contributed by atoms with E-state index in [4.69, 9.17) is 11.6 Å². The van der Waals surface area contributed by atoms with Crippen LogP contribution in [0, 0.1) is 0 Å². The first-order valence-corrected chi connectivity index (χ1v) is 7.65. The Morgan fingerprint density at radius 1 is 1.28 bits per heavy atom. The molecule has 0 aromatic carbocycles. The van der Waals surface area contributed by atoms with Gasteiger partial charge in [-0.1, -0.05) is 30.9 Å². The van der Waals surface area contributed by atoms with Crippen LogP contribution in [0.3, 0.4) is 0 Å². The Balaban J connectivity index is 1.92. The van der Waals surface area contributed by atoms with E-state index in [1.165, 1.54) is 32.1 Å². The Morgan fingerprint density at radius 2 is 2.06 bits per heavy atom. The van der Waals surface area contributed by atoms with E-state index in [1.807, 2.05) is 11.4 Å². The number of fused-ring (bicyclic) bond motifs is 1. The average Bonchev–Trinajstić information content (AvgIpc) is 2.88. The summed E-state index contributed by atoms with van der Waals surface area (Å²) in [7, 11) is 2.08. The molecule has 0 bridgehead atoms. The number of hydrogen-bond acceptors (Lipinski definition) is 4. The molecule has 2 aromatic heterocycles. The molecule has 0 N–H and O–H groups in total. The molecular formula is C13H16ClN3S. The van der Waals surface area contributed by atoms with Crippen molar-refractivity contribution >= 4 is 39.1 Å². The summed E-state index contributed by atoms with van der Waals surface area (Å²) in [5.74, 6) is 0.766. The van der Waals surface area contributed by atoms with Gasteiger partial charge in [-0.15, -0.1) is 11.3 Å². The quantitative estimate of drug-likeness (QED) is 0.776. The highest BCUT2D eigenvalue weighted by molar-refractivity contribution is 7.16. The zero-order valence-corrected chi connectivity index (χ0v) is 12.0. The van der Waals surface area contributed by atoms with Crippen molar-refractivity contribution < 1.29 is 0 Å². The fraction of sp³-hybridized carbons (Fsp3) is 0.538. The molecule has 0 spiro atoms. The van der Waals surface area contributed by atoms with E-state index in [1.54, 1.807) is 11.3 Å². The van der Waals surface area contributed by atoms with Crippen LogP contribution in [-0.4, -0.2) is 23.1 Å². The Morgan fingerprint density at radius 3 is 2.83 bits per heavy atom. The fourth-order valence-corrected chi connectivity index (χ4v) is 3.64. The predicted octanol–water partition coefficient (Wildman–Crippen LogP) is 4.11. The van der Waals surface area contributed by atoms with Gasteiger partial charge in [0.05, 0.1) is 0 Å². The van der Waals surface area contributed by atoms with Gasteiger partial charge in [0, 0.05) is 18.5 Å². The van der Waals surface area contributed by atoms with Crippen molar-refractivity contribution in [3.05, 3.63) is 16.6 Å². The standard InChI is InChI=1S/C13H16ClN3S/c1-17(9-5-3-2-4-6-9)13-15-11(14)10-7-8-18-12(10)16-13/h7-9H,2-6H2,1H3. The predicted molar refractivity (Wildman–Crippen MR) is 77.7 cm³/mol. The third kappa shape index (κ3) is 2.19. The summed E-state index contributed by atoms with van der Waals surface area (Å²) in [5.41, 5.74) is 0. The maximum atomic E-state index is 6.22. The zero-order valence-electron chi connectivity index (χ0n) is 10.4. The zero-order chi connectivity index (χ0) is 12.5. The Hall–Kier alpha value is -0.870. The van der Waals surface area contributed by atoms with Crippen molar-refractivity contribution in [3.63, 3.8) is 0 Å². The first-order valence-electron chi connectivity index (χ1n) is 6.39. The van der Waals surface area contributed by atoms with Gasteiger partial charge in [0.1, 0.15) is 9.98 Å². The number of hydrogen-bond donors (Lipinski definition) is 0. The maximum absolute atomic E-state index is 6.22. The van der Waals surface area contributed by atoms with Crippen molar-refractivity contribution in [2.24, 2.45) is 0 Å². The third-order valence-electron chi connectivity index (χ3n) is 3.70. The Kier molecular flexibility index (Phi) is 3.39. The molecule has 1 saturated carbocycles. The van der Waals surface area contributed by atoms with Crippen molar-refractivity contribution in [3.8, 4) is 0 Å². The van der Waals surface area contributed by atoms with Crippen LogP contribution in [-0.2, 0) is 0 Å². The summed E-state index contributed by atoms with van der Waals surface area (Å²) in [4.78, 5) is 12.2. The molecule has 0 atom stereocenters. The highest BCUT2D eigenvalue weighted by Gasteiger charge is 2.21. The molecule has 0 saturated heterocycles. The van der Waals surface area contributed by atoms with E-state index in [0.29, 0.717) is 11.2 Å². The van der Waals surface area contributed by atoms with Crippen LogP contribution in [0.4, 0.5) is 5.95 Å². The second kappa shape index (κ2) is 5.02. The summed E-state index contributed by atoms with van der Waals surface area (Å²) in [6.45, 7) is 0. The first kappa shape index (κ1) is 12.2. The van der Waals surface area contributed by atoms with Gasteiger partial charge in [-0.2, -0.15) is 0 Å². The van der Waals surface area contributed by atoms with E-state index in [9.17, 15) is 0 Å². The molecule has 18 heavy (non-hydrogen) atoms. The topological polar surface area (TPSA) is 29.0 Å². The lowest BCUT2D eigenvalue weighted by molar-refractivity contribution is 0.424. The Bertz CT molecular complexity index is 548. The van der Waals surface area contributed by atoms with Gasteiger partial charge < -0.3 is 4.90 Å². The third-order valence-corrected chi connectivity index (χ3v) is 4.80. The van der Waals surface area contributed by atoms with E-state index in [2.05, 4.69) is 21.9 Å². The molecule has 2 heterocycles.